The molecule has 3 nitrogen and oxygen atoms in total. The van der Waals surface area contributed by atoms with Gasteiger partial charge in [-0.05, 0) is 70.7 Å². The van der Waals surface area contributed by atoms with Gasteiger partial charge in [0, 0.05) is 12.6 Å². The second-order valence-corrected chi connectivity index (χ2v) is 8.54. The van der Waals surface area contributed by atoms with E-state index in [-0.39, 0.29) is 17.7 Å². The van der Waals surface area contributed by atoms with E-state index < -0.39 is 0 Å². The molecule has 1 heterocycles. The Hall–Kier alpha value is -1.84. The fourth-order valence-electron chi connectivity index (χ4n) is 3.76. The van der Waals surface area contributed by atoms with Gasteiger partial charge in [-0.1, -0.05) is 42.0 Å². The van der Waals surface area contributed by atoms with Crippen LogP contribution in [0.4, 0.5) is 0 Å². The molecule has 0 spiro atoms. The van der Waals surface area contributed by atoms with Crippen molar-refractivity contribution in [2.45, 2.75) is 71.2 Å². The van der Waals surface area contributed by atoms with Gasteiger partial charge in [0.25, 0.3) is 0 Å². The number of ether oxygens (including phenoxy) is 2. The predicted octanol–water partition coefficient (Wildman–Crippen LogP) is 5.42. The van der Waals surface area contributed by atoms with Crippen LogP contribution in [0.3, 0.4) is 0 Å². The Morgan fingerprint density at radius 2 is 1.59 bits per heavy atom. The highest BCUT2D eigenvalue weighted by molar-refractivity contribution is 5.36. The van der Waals surface area contributed by atoms with E-state index in [9.17, 15) is 0 Å². The van der Waals surface area contributed by atoms with Crippen molar-refractivity contribution in [2.75, 3.05) is 6.61 Å². The standard InChI is InChI=1S/C24H33NO2/c1-17(2)27-22-12-10-20(11-13-22)23(19-8-6-18(3)7-9-19)25-21-14-15-26-24(4,5)16-21/h6-13,17,21,23,25H,14-16H2,1-5H3/t21-,23-/m1/s1. The van der Waals surface area contributed by atoms with Crippen molar-refractivity contribution in [3.05, 3.63) is 65.2 Å². The lowest BCUT2D eigenvalue weighted by molar-refractivity contribution is -0.0637. The molecule has 3 rings (SSSR count). The largest absolute Gasteiger partial charge is 0.491 e. The van der Waals surface area contributed by atoms with Crippen molar-refractivity contribution >= 4 is 0 Å². The van der Waals surface area contributed by atoms with Crippen molar-refractivity contribution in [3.8, 4) is 5.75 Å². The summed E-state index contributed by atoms with van der Waals surface area (Å²) >= 11 is 0. The number of rotatable bonds is 6. The first-order chi connectivity index (χ1) is 12.8. The van der Waals surface area contributed by atoms with Gasteiger partial charge in [-0.15, -0.1) is 0 Å². The Morgan fingerprint density at radius 1 is 1.00 bits per heavy atom. The Labute approximate surface area is 164 Å². The number of nitrogens with one attached hydrogen (secondary N) is 1. The van der Waals surface area contributed by atoms with Gasteiger partial charge in [0.1, 0.15) is 5.75 Å². The lowest BCUT2D eigenvalue weighted by atomic mass is 9.91. The average molecular weight is 368 g/mol. The molecule has 1 saturated heterocycles. The second kappa shape index (κ2) is 8.45. The maximum atomic E-state index is 5.90. The number of benzene rings is 2. The van der Waals surface area contributed by atoms with Crippen LogP contribution in [-0.4, -0.2) is 24.4 Å². The van der Waals surface area contributed by atoms with Crippen LogP contribution in [0.25, 0.3) is 0 Å². The molecule has 0 saturated carbocycles. The summed E-state index contributed by atoms with van der Waals surface area (Å²) in [7, 11) is 0. The maximum absolute atomic E-state index is 5.90. The van der Waals surface area contributed by atoms with Crippen LogP contribution in [-0.2, 0) is 4.74 Å². The monoisotopic (exact) mass is 367 g/mol. The van der Waals surface area contributed by atoms with Crippen LogP contribution >= 0.6 is 0 Å². The molecule has 0 radical (unpaired) electrons. The van der Waals surface area contributed by atoms with Gasteiger partial charge in [0.2, 0.25) is 0 Å². The fraction of sp³-hybridized carbons (Fsp3) is 0.500. The summed E-state index contributed by atoms with van der Waals surface area (Å²) in [5.74, 6) is 0.920. The van der Waals surface area contributed by atoms with Gasteiger partial charge in [-0.3, -0.25) is 0 Å². The van der Waals surface area contributed by atoms with Crippen molar-refractivity contribution in [1.29, 1.82) is 0 Å². The molecule has 2 atom stereocenters. The molecule has 1 N–H and O–H groups in total. The Bertz CT molecular complexity index is 719. The molecule has 1 fully saturated rings. The van der Waals surface area contributed by atoms with Gasteiger partial charge >= 0.3 is 0 Å². The van der Waals surface area contributed by atoms with E-state index in [0.29, 0.717) is 6.04 Å². The van der Waals surface area contributed by atoms with Gasteiger partial charge in [0.15, 0.2) is 0 Å². The molecule has 0 bridgehead atoms. The molecule has 0 amide bonds. The van der Waals surface area contributed by atoms with E-state index in [4.69, 9.17) is 9.47 Å². The molecule has 2 aromatic carbocycles. The van der Waals surface area contributed by atoms with Crippen LogP contribution in [0.5, 0.6) is 5.75 Å². The Kier molecular flexibility index (Phi) is 6.23. The van der Waals surface area contributed by atoms with E-state index in [1.165, 1.54) is 16.7 Å². The molecule has 0 unspecified atom stereocenters. The molecule has 0 aliphatic carbocycles. The first kappa shape index (κ1) is 19.9. The SMILES string of the molecule is Cc1ccc([C@@H](N[C@@H]2CCOC(C)(C)C2)c2ccc(OC(C)C)cc2)cc1. The van der Waals surface area contributed by atoms with Gasteiger partial charge in [0.05, 0.1) is 17.7 Å². The van der Waals surface area contributed by atoms with Gasteiger partial charge in [-0.25, -0.2) is 0 Å². The van der Waals surface area contributed by atoms with Crippen LogP contribution in [0.2, 0.25) is 0 Å². The van der Waals surface area contributed by atoms with E-state index >= 15 is 0 Å². The van der Waals surface area contributed by atoms with Crippen LogP contribution in [0, 0.1) is 6.92 Å². The number of hydrogen-bond acceptors (Lipinski definition) is 3. The number of hydrogen-bond donors (Lipinski definition) is 1. The maximum Gasteiger partial charge on any atom is 0.119 e. The quantitative estimate of drug-likeness (QED) is 0.739. The van der Waals surface area contributed by atoms with Gasteiger partial charge in [-0.2, -0.15) is 0 Å². The third kappa shape index (κ3) is 5.57. The highest BCUT2D eigenvalue weighted by Crippen LogP contribution is 2.30. The fourth-order valence-corrected chi connectivity index (χ4v) is 3.76. The van der Waals surface area contributed by atoms with Crippen LogP contribution < -0.4 is 10.1 Å². The zero-order valence-electron chi connectivity index (χ0n) is 17.3. The summed E-state index contributed by atoms with van der Waals surface area (Å²) < 4.78 is 11.7. The molecule has 27 heavy (non-hydrogen) atoms. The van der Waals surface area contributed by atoms with E-state index in [1.807, 2.05) is 0 Å². The summed E-state index contributed by atoms with van der Waals surface area (Å²) in [5, 5.41) is 3.90. The molecule has 2 aromatic rings. The second-order valence-electron chi connectivity index (χ2n) is 8.54. The molecule has 3 heteroatoms. The lowest BCUT2D eigenvalue weighted by Crippen LogP contribution is -2.45. The summed E-state index contributed by atoms with van der Waals surface area (Å²) in [5.41, 5.74) is 3.77. The minimum absolute atomic E-state index is 0.0668. The predicted molar refractivity (Wildman–Crippen MR) is 111 cm³/mol. The topological polar surface area (TPSA) is 30.5 Å². The lowest BCUT2D eigenvalue weighted by Gasteiger charge is -2.38. The van der Waals surface area contributed by atoms with E-state index in [0.717, 1.165) is 25.2 Å². The third-order valence-corrected chi connectivity index (χ3v) is 5.10. The zero-order valence-corrected chi connectivity index (χ0v) is 17.3. The Morgan fingerprint density at radius 3 is 2.15 bits per heavy atom. The highest BCUT2D eigenvalue weighted by atomic mass is 16.5. The summed E-state index contributed by atoms with van der Waals surface area (Å²) in [6.45, 7) is 11.4. The van der Waals surface area contributed by atoms with Crippen LogP contribution in [0.1, 0.15) is 63.3 Å². The molecule has 1 aliphatic rings. The first-order valence-electron chi connectivity index (χ1n) is 10.1. The first-order valence-corrected chi connectivity index (χ1v) is 10.1. The zero-order chi connectivity index (χ0) is 19.4. The minimum Gasteiger partial charge on any atom is -0.491 e. The minimum atomic E-state index is -0.0668. The van der Waals surface area contributed by atoms with Gasteiger partial charge < -0.3 is 14.8 Å². The molecule has 0 aromatic heterocycles. The Balaban J connectivity index is 1.84. The van der Waals surface area contributed by atoms with Crippen molar-refractivity contribution < 1.29 is 9.47 Å². The summed E-state index contributed by atoms with van der Waals surface area (Å²) in [6, 6.07) is 18.0. The summed E-state index contributed by atoms with van der Waals surface area (Å²) in [6.07, 6.45) is 2.25. The van der Waals surface area contributed by atoms with Crippen molar-refractivity contribution in [1.82, 2.24) is 5.32 Å². The average Bonchev–Trinajstić information content (AvgIpc) is 2.60. The number of aryl methyl sites for hydroxylation is 1. The normalized spacial score (nSPS) is 20.4. The van der Waals surface area contributed by atoms with E-state index in [2.05, 4.69) is 88.5 Å². The molecule has 146 valence electrons. The highest BCUT2D eigenvalue weighted by Gasteiger charge is 2.30. The third-order valence-electron chi connectivity index (χ3n) is 5.10. The smallest absolute Gasteiger partial charge is 0.119 e. The van der Waals surface area contributed by atoms with Crippen molar-refractivity contribution in [3.63, 3.8) is 0 Å². The molecular formula is C24H33NO2. The van der Waals surface area contributed by atoms with E-state index in [1.54, 1.807) is 0 Å². The van der Waals surface area contributed by atoms with Crippen molar-refractivity contribution in [2.24, 2.45) is 0 Å². The van der Waals surface area contributed by atoms with Crippen LogP contribution in [0.15, 0.2) is 48.5 Å². The summed E-state index contributed by atoms with van der Waals surface area (Å²) in [4.78, 5) is 0. The molecule has 1 aliphatic heterocycles. The molecular weight excluding hydrogens is 334 g/mol.